The van der Waals surface area contributed by atoms with Crippen LogP contribution in [0.1, 0.15) is 32.6 Å². The van der Waals surface area contributed by atoms with E-state index in [0.29, 0.717) is 24.0 Å². The number of anilines is 1. The molecular weight excluding hydrogens is 483 g/mol. The fraction of sp³-hybridized carbons (Fsp3) is 0.476. The molecule has 1 aromatic carbocycles. The molecule has 1 atom stereocenters. The van der Waals surface area contributed by atoms with E-state index in [1.165, 1.54) is 0 Å². The van der Waals surface area contributed by atoms with Crippen molar-refractivity contribution in [3.05, 3.63) is 42.4 Å². The van der Waals surface area contributed by atoms with Crippen LogP contribution in [-0.2, 0) is 0 Å². The highest BCUT2D eigenvalue weighted by Gasteiger charge is 2.20. The monoisotopic (exact) mass is 516 g/mol. The number of nitrogens with zero attached hydrogens (tertiary/aromatic N) is 2. The lowest BCUT2D eigenvalue weighted by molar-refractivity contribution is 0.198. The molecule has 1 heterocycles. The first-order valence-electron chi connectivity index (χ1n) is 9.71. The highest BCUT2D eigenvalue weighted by Crippen LogP contribution is 2.29. The van der Waals surface area contributed by atoms with E-state index < -0.39 is 0 Å². The van der Waals surface area contributed by atoms with Crippen molar-refractivity contribution in [2.45, 2.75) is 26.8 Å². The number of furan rings is 1. The zero-order chi connectivity index (χ0) is 20.4. The Bertz CT molecular complexity index is 734. The van der Waals surface area contributed by atoms with Gasteiger partial charge in [-0.1, -0.05) is 13.8 Å². The molecule has 0 saturated heterocycles. The molecule has 0 aliphatic heterocycles. The molecule has 2 rings (SSSR count). The van der Waals surface area contributed by atoms with E-state index in [9.17, 15) is 0 Å². The van der Waals surface area contributed by atoms with Crippen LogP contribution in [0.5, 0.6) is 11.5 Å². The summed E-state index contributed by atoms with van der Waals surface area (Å²) in [5.74, 6) is 2.99. The summed E-state index contributed by atoms with van der Waals surface area (Å²) in [6.07, 6.45) is 1.71. The van der Waals surface area contributed by atoms with E-state index in [2.05, 4.69) is 29.4 Å². The molecule has 0 saturated carbocycles. The molecule has 1 unspecified atom stereocenters. The number of benzene rings is 1. The first-order valence-corrected chi connectivity index (χ1v) is 9.71. The van der Waals surface area contributed by atoms with Crippen molar-refractivity contribution in [2.75, 3.05) is 45.7 Å². The standard InChI is InChI=1S/C21H32N4O3.HI/c1-6-22-21(24-16-11-12-19(26-4)20(14-16)27-5)23-15-17(25(7-2)8-3)18-10-9-13-28-18;/h9-14,17H,6-8,15H2,1-5H3,(H2,22,23,24);1H. The second kappa shape index (κ2) is 13.3. The quantitative estimate of drug-likeness (QED) is 0.278. The number of guanidine groups is 1. The second-order valence-electron chi connectivity index (χ2n) is 6.17. The molecule has 0 aliphatic rings. The molecule has 0 aliphatic carbocycles. The lowest BCUT2D eigenvalue weighted by Crippen LogP contribution is -2.34. The number of nitrogens with one attached hydrogen (secondary N) is 2. The van der Waals surface area contributed by atoms with Crippen molar-refractivity contribution >= 4 is 35.6 Å². The maximum Gasteiger partial charge on any atom is 0.195 e. The summed E-state index contributed by atoms with van der Waals surface area (Å²) < 4.78 is 16.3. The first-order chi connectivity index (χ1) is 13.7. The van der Waals surface area contributed by atoms with Gasteiger partial charge in [-0.2, -0.15) is 0 Å². The molecule has 2 N–H and O–H groups in total. The van der Waals surface area contributed by atoms with E-state index in [1.807, 2.05) is 37.3 Å². The van der Waals surface area contributed by atoms with Crippen LogP contribution in [0.25, 0.3) is 0 Å². The minimum atomic E-state index is 0. The van der Waals surface area contributed by atoms with Gasteiger partial charge in [-0.25, -0.2) is 0 Å². The molecule has 0 amide bonds. The third kappa shape index (κ3) is 7.11. The number of likely N-dealkylation sites (N-methyl/N-ethyl adjacent to an activating group) is 1. The van der Waals surface area contributed by atoms with Crippen LogP contribution in [-0.4, -0.2) is 51.3 Å². The summed E-state index contributed by atoms with van der Waals surface area (Å²) in [7, 11) is 3.25. The maximum absolute atomic E-state index is 5.66. The number of ether oxygens (including phenoxy) is 2. The van der Waals surface area contributed by atoms with Gasteiger partial charge in [0.25, 0.3) is 0 Å². The smallest absolute Gasteiger partial charge is 0.195 e. The Morgan fingerprint density at radius 1 is 1.10 bits per heavy atom. The molecule has 0 radical (unpaired) electrons. The average Bonchev–Trinajstić information content (AvgIpc) is 3.25. The molecular formula is C21H33IN4O3. The molecule has 8 heteroatoms. The Kier molecular flexibility index (Phi) is 11.5. The lowest BCUT2D eigenvalue weighted by atomic mass is 10.2. The van der Waals surface area contributed by atoms with Crippen molar-refractivity contribution < 1.29 is 13.9 Å². The van der Waals surface area contributed by atoms with Crippen LogP contribution in [0.15, 0.2) is 46.0 Å². The summed E-state index contributed by atoms with van der Waals surface area (Å²) in [5.41, 5.74) is 0.870. The van der Waals surface area contributed by atoms with Gasteiger partial charge in [0.1, 0.15) is 5.76 Å². The zero-order valence-corrected chi connectivity index (χ0v) is 20.2. The summed E-state index contributed by atoms with van der Waals surface area (Å²) in [6, 6.07) is 9.70. The van der Waals surface area contributed by atoms with Gasteiger partial charge in [0.2, 0.25) is 0 Å². The van der Waals surface area contributed by atoms with Crippen molar-refractivity contribution in [1.29, 1.82) is 0 Å². The van der Waals surface area contributed by atoms with Crippen LogP contribution in [0.3, 0.4) is 0 Å². The second-order valence-corrected chi connectivity index (χ2v) is 6.17. The molecule has 162 valence electrons. The van der Waals surface area contributed by atoms with Gasteiger partial charge < -0.3 is 24.5 Å². The maximum atomic E-state index is 5.66. The van der Waals surface area contributed by atoms with Crippen molar-refractivity contribution in [2.24, 2.45) is 4.99 Å². The molecule has 0 spiro atoms. The van der Waals surface area contributed by atoms with Gasteiger partial charge in [-0.15, -0.1) is 24.0 Å². The number of aliphatic imine (C=N–C) groups is 1. The van der Waals surface area contributed by atoms with Crippen LogP contribution in [0.4, 0.5) is 5.69 Å². The Morgan fingerprint density at radius 2 is 1.83 bits per heavy atom. The van der Waals surface area contributed by atoms with Crippen LogP contribution in [0.2, 0.25) is 0 Å². The number of hydrogen-bond donors (Lipinski definition) is 2. The Morgan fingerprint density at radius 3 is 2.38 bits per heavy atom. The Balaban J connectivity index is 0.00000420. The molecule has 29 heavy (non-hydrogen) atoms. The number of hydrogen-bond acceptors (Lipinski definition) is 5. The van der Waals surface area contributed by atoms with Gasteiger partial charge in [0.05, 0.1) is 33.1 Å². The minimum absolute atomic E-state index is 0. The summed E-state index contributed by atoms with van der Waals surface area (Å²) in [6.45, 7) is 9.54. The lowest BCUT2D eigenvalue weighted by Gasteiger charge is -2.27. The van der Waals surface area contributed by atoms with E-state index in [0.717, 1.165) is 31.1 Å². The molecule has 1 aromatic heterocycles. The van der Waals surface area contributed by atoms with Gasteiger partial charge >= 0.3 is 0 Å². The largest absolute Gasteiger partial charge is 0.493 e. The van der Waals surface area contributed by atoms with Crippen molar-refractivity contribution in [3.8, 4) is 11.5 Å². The van der Waals surface area contributed by atoms with E-state index in [-0.39, 0.29) is 30.0 Å². The van der Waals surface area contributed by atoms with Crippen LogP contribution >= 0.6 is 24.0 Å². The first kappa shape index (κ1) is 25.1. The number of halogens is 1. The summed E-state index contributed by atoms with van der Waals surface area (Å²) >= 11 is 0. The predicted molar refractivity (Wildman–Crippen MR) is 129 cm³/mol. The van der Waals surface area contributed by atoms with Crippen LogP contribution in [0, 0.1) is 0 Å². The highest BCUT2D eigenvalue weighted by molar-refractivity contribution is 14.0. The third-order valence-electron chi connectivity index (χ3n) is 4.54. The SMILES string of the molecule is CCNC(=NCC(c1ccco1)N(CC)CC)Nc1ccc(OC)c(OC)c1.I. The van der Waals surface area contributed by atoms with E-state index in [4.69, 9.17) is 18.9 Å². The Labute approximate surface area is 190 Å². The topological polar surface area (TPSA) is 71.3 Å². The molecule has 2 aromatic rings. The summed E-state index contributed by atoms with van der Waals surface area (Å²) in [4.78, 5) is 7.14. The molecule has 0 bridgehead atoms. The van der Waals surface area contributed by atoms with Crippen molar-refractivity contribution in [3.63, 3.8) is 0 Å². The van der Waals surface area contributed by atoms with Crippen molar-refractivity contribution in [1.82, 2.24) is 10.2 Å². The number of methoxy groups -OCH3 is 2. The average molecular weight is 516 g/mol. The van der Waals surface area contributed by atoms with Crippen LogP contribution < -0.4 is 20.1 Å². The van der Waals surface area contributed by atoms with E-state index in [1.54, 1.807) is 20.5 Å². The predicted octanol–water partition coefficient (Wildman–Crippen LogP) is 4.38. The normalized spacial score (nSPS) is 12.3. The van der Waals surface area contributed by atoms with E-state index >= 15 is 0 Å². The van der Waals surface area contributed by atoms with Gasteiger partial charge in [-0.05, 0) is 44.3 Å². The number of rotatable bonds is 10. The fourth-order valence-corrected chi connectivity index (χ4v) is 3.07. The third-order valence-corrected chi connectivity index (χ3v) is 4.54. The highest BCUT2D eigenvalue weighted by atomic mass is 127. The van der Waals surface area contributed by atoms with Gasteiger partial charge in [0, 0.05) is 18.3 Å². The zero-order valence-electron chi connectivity index (χ0n) is 17.9. The summed E-state index contributed by atoms with van der Waals surface area (Å²) in [5, 5.41) is 6.63. The minimum Gasteiger partial charge on any atom is -0.493 e. The Hall–Kier alpha value is -1.94. The van der Waals surface area contributed by atoms with Gasteiger partial charge in [0.15, 0.2) is 17.5 Å². The molecule has 7 nitrogen and oxygen atoms in total. The fourth-order valence-electron chi connectivity index (χ4n) is 3.07. The molecule has 0 fully saturated rings. The van der Waals surface area contributed by atoms with Gasteiger partial charge in [-0.3, -0.25) is 9.89 Å².